The number of benzene rings is 1. The van der Waals surface area contributed by atoms with E-state index in [-0.39, 0.29) is 18.1 Å². The molecule has 2 aliphatic rings. The Morgan fingerprint density at radius 2 is 2.21 bits per heavy atom. The summed E-state index contributed by atoms with van der Waals surface area (Å²) in [5, 5.41) is 3.44. The standard InChI is InChI=1S/C22H32N4O2/c1-3-9-18-12-8-14-23-21(18)25-24-19-13-15-26(16-19)20(22(27)28-4-2)17-10-6-5-7-11-17/h3,5-7,9-11,19-20,23-25H,4,8,12-16H2,1-2H3/b9-3-/t19-,20?/m1/s1. The highest BCUT2D eigenvalue weighted by atomic mass is 16.5. The number of carbonyl (C=O) groups excluding carboxylic acids is 1. The summed E-state index contributed by atoms with van der Waals surface area (Å²) >= 11 is 0. The van der Waals surface area contributed by atoms with Crippen molar-refractivity contribution in [1.82, 2.24) is 21.1 Å². The van der Waals surface area contributed by atoms with Crippen molar-refractivity contribution in [3.8, 4) is 0 Å². The minimum absolute atomic E-state index is 0.172. The van der Waals surface area contributed by atoms with Crippen LogP contribution < -0.4 is 16.2 Å². The SMILES string of the molecule is C/C=C\C1=C(NN[C@@H]2CCN(C(C(=O)OCC)c3ccccc3)C2)NCCC1. The van der Waals surface area contributed by atoms with E-state index < -0.39 is 0 Å². The second-order valence-corrected chi connectivity index (χ2v) is 7.25. The van der Waals surface area contributed by atoms with Crippen molar-refractivity contribution in [1.29, 1.82) is 0 Å². The molecule has 3 rings (SSSR count). The molecule has 0 bridgehead atoms. The lowest BCUT2D eigenvalue weighted by Gasteiger charge is -2.27. The van der Waals surface area contributed by atoms with Crippen molar-refractivity contribution in [3.05, 3.63) is 59.4 Å². The van der Waals surface area contributed by atoms with Gasteiger partial charge in [0.05, 0.1) is 6.61 Å². The first-order valence-corrected chi connectivity index (χ1v) is 10.3. The second kappa shape index (κ2) is 10.3. The zero-order chi connectivity index (χ0) is 19.8. The molecule has 152 valence electrons. The molecule has 0 aromatic heterocycles. The highest BCUT2D eigenvalue weighted by molar-refractivity contribution is 5.77. The van der Waals surface area contributed by atoms with Gasteiger partial charge in [0, 0.05) is 25.7 Å². The van der Waals surface area contributed by atoms with Gasteiger partial charge in [0.25, 0.3) is 0 Å². The second-order valence-electron chi connectivity index (χ2n) is 7.25. The van der Waals surface area contributed by atoms with Crippen molar-refractivity contribution in [2.45, 2.75) is 45.2 Å². The van der Waals surface area contributed by atoms with Crippen LogP contribution in [0, 0.1) is 0 Å². The smallest absolute Gasteiger partial charge is 0.328 e. The number of nitrogens with one attached hydrogen (secondary N) is 3. The minimum atomic E-state index is -0.349. The monoisotopic (exact) mass is 384 g/mol. The Kier molecular flexibility index (Phi) is 7.51. The van der Waals surface area contributed by atoms with Gasteiger partial charge in [0.1, 0.15) is 11.9 Å². The van der Waals surface area contributed by atoms with Crippen molar-refractivity contribution in [2.75, 3.05) is 26.2 Å². The van der Waals surface area contributed by atoms with E-state index in [9.17, 15) is 4.79 Å². The quantitative estimate of drug-likeness (QED) is 0.473. The number of carbonyl (C=O) groups is 1. The maximum atomic E-state index is 12.6. The van der Waals surface area contributed by atoms with Crippen molar-refractivity contribution < 1.29 is 9.53 Å². The van der Waals surface area contributed by atoms with E-state index in [1.807, 2.05) is 44.2 Å². The number of rotatable bonds is 8. The molecule has 2 heterocycles. The van der Waals surface area contributed by atoms with E-state index in [4.69, 9.17) is 4.74 Å². The van der Waals surface area contributed by atoms with Crippen molar-refractivity contribution in [3.63, 3.8) is 0 Å². The van der Waals surface area contributed by atoms with E-state index in [0.29, 0.717) is 6.61 Å². The molecule has 0 saturated carbocycles. The topological polar surface area (TPSA) is 65.6 Å². The van der Waals surface area contributed by atoms with Crippen LogP contribution in [-0.4, -0.2) is 43.2 Å². The van der Waals surface area contributed by atoms with E-state index in [1.165, 1.54) is 5.57 Å². The minimum Gasteiger partial charge on any atom is -0.465 e. The van der Waals surface area contributed by atoms with Crippen LogP contribution in [0.1, 0.15) is 44.7 Å². The molecule has 2 atom stereocenters. The molecule has 2 aliphatic heterocycles. The zero-order valence-electron chi connectivity index (χ0n) is 16.9. The number of hydrazine groups is 1. The molecule has 1 saturated heterocycles. The predicted octanol–water partition coefficient (Wildman–Crippen LogP) is 2.63. The van der Waals surface area contributed by atoms with Crippen molar-refractivity contribution in [2.24, 2.45) is 0 Å². The van der Waals surface area contributed by atoms with E-state index in [2.05, 4.69) is 33.2 Å². The van der Waals surface area contributed by atoms with Crippen LogP contribution in [-0.2, 0) is 9.53 Å². The van der Waals surface area contributed by atoms with Crippen LogP contribution in [0.5, 0.6) is 0 Å². The number of allylic oxidation sites excluding steroid dienone is 3. The molecular weight excluding hydrogens is 352 g/mol. The first kappa shape index (κ1) is 20.4. The Bertz CT molecular complexity index is 702. The first-order valence-electron chi connectivity index (χ1n) is 10.3. The third kappa shape index (κ3) is 5.14. The molecule has 0 spiro atoms. The fourth-order valence-corrected chi connectivity index (χ4v) is 3.89. The molecule has 6 nitrogen and oxygen atoms in total. The van der Waals surface area contributed by atoms with Gasteiger partial charge >= 0.3 is 5.97 Å². The predicted molar refractivity (Wildman–Crippen MR) is 111 cm³/mol. The van der Waals surface area contributed by atoms with Gasteiger partial charge in [-0.15, -0.1) is 0 Å². The number of hydrogen-bond donors (Lipinski definition) is 3. The molecule has 1 unspecified atom stereocenters. The molecule has 28 heavy (non-hydrogen) atoms. The van der Waals surface area contributed by atoms with Gasteiger partial charge in [-0.3, -0.25) is 4.90 Å². The maximum absolute atomic E-state index is 12.6. The summed E-state index contributed by atoms with van der Waals surface area (Å²) < 4.78 is 5.36. The van der Waals surface area contributed by atoms with Crippen LogP contribution in [0.3, 0.4) is 0 Å². The number of ether oxygens (including phenoxy) is 1. The Morgan fingerprint density at radius 3 is 2.96 bits per heavy atom. The summed E-state index contributed by atoms with van der Waals surface area (Å²) in [4.78, 5) is 14.8. The number of likely N-dealkylation sites (tertiary alicyclic amines) is 1. The molecule has 1 fully saturated rings. The molecule has 1 aromatic rings. The van der Waals surface area contributed by atoms with Gasteiger partial charge in [-0.2, -0.15) is 0 Å². The van der Waals surface area contributed by atoms with Crippen LogP contribution in [0.15, 0.2) is 53.9 Å². The molecule has 1 aromatic carbocycles. The van der Waals surface area contributed by atoms with Crippen LogP contribution in [0.2, 0.25) is 0 Å². The fourth-order valence-electron chi connectivity index (χ4n) is 3.89. The lowest BCUT2D eigenvalue weighted by atomic mass is 10.1. The van der Waals surface area contributed by atoms with Gasteiger partial charge in [-0.1, -0.05) is 42.5 Å². The normalized spacial score (nSPS) is 21.6. The summed E-state index contributed by atoms with van der Waals surface area (Å²) in [5.74, 6) is 0.891. The Balaban J connectivity index is 1.63. The lowest BCUT2D eigenvalue weighted by molar-refractivity contribution is -0.149. The molecule has 0 aliphatic carbocycles. The molecule has 0 amide bonds. The first-order chi connectivity index (χ1) is 13.7. The van der Waals surface area contributed by atoms with E-state index in [1.54, 1.807) is 0 Å². The third-order valence-electron chi connectivity index (χ3n) is 5.22. The highest BCUT2D eigenvalue weighted by Crippen LogP contribution is 2.26. The molecular formula is C22H32N4O2. The third-order valence-corrected chi connectivity index (χ3v) is 5.22. The number of esters is 1. The van der Waals surface area contributed by atoms with Gasteiger partial charge in [0.2, 0.25) is 0 Å². The van der Waals surface area contributed by atoms with Gasteiger partial charge < -0.3 is 15.5 Å². The Labute approximate surface area is 168 Å². The van der Waals surface area contributed by atoms with Crippen LogP contribution in [0.25, 0.3) is 0 Å². The number of hydrogen-bond acceptors (Lipinski definition) is 6. The van der Waals surface area contributed by atoms with Crippen LogP contribution >= 0.6 is 0 Å². The maximum Gasteiger partial charge on any atom is 0.328 e. The highest BCUT2D eigenvalue weighted by Gasteiger charge is 2.34. The summed E-state index contributed by atoms with van der Waals surface area (Å²) in [5.41, 5.74) is 9.11. The van der Waals surface area contributed by atoms with E-state index >= 15 is 0 Å². The van der Waals surface area contributed by atoms with Gasteiger partial charge in [-0.05, 0) is 44.2 Å². The fraction of sp³-hybridized carbons (Fsp3) is 0.500. The zero-order valence-corrected chi connectivity index (χ0v) is 16.9. The summed E-state index contributed by atoms with van der Waals surface area (Å²) in [6.45, 7) is 6.92. The lowest BCUT2D eigenvalue weighted by Crippen LogP contribution is -2.46. The van der Waals surface area contributed by atoms with E-state index in [0.717, 1.165) is 50.3 Å². The number of nitrogens with zero attached hydrogens (tertiary/aromatic N) is 1. The summed E-state index contributed by atoms with van der Waals surface area (Å²) in [6, 6.07) is 9.83. The molecule has 6 heteroatoms. The van der Waals surface area contributed by atoms with Gasteiger partial charge in [0.15, 0.2) is 0 Å². The average molecular weight is 385 g/mol. The average Bonchev–Trinajstić information content (AvgIpc) is 3.17. The van der Waals surface area contributed by atoms with Gasteiger partial charge in [-0.25, -0.2) is 10.2 Å². The Hall–Kier alpha value is -2.31. The van der Waals surface area contributed by atoms with Crippen molar-refractivity contribution >= 4 is 5.97 Å². The summed E-state index contributed by atoms with van der Waals surface area (Å²) in [6.07, 6.45) is 7.44. The van der Waals surface area contributed by atoms with Crippen LogP contribution in [0.4, 0.5) is 0 Å². The molecule has 0 radical (unpaired) electrons. The summed E-state index contributed by atoms with van der Waals surface area (Å²) in [7, 11) is 0. The Morgan fingerprint density at radius 1 is 1.39 bits per heavy atom. The largest absolute Gasteiger partial charge is 0.465 e. The molecule has 3 N–H and O–H groups in total.